The second kappa shape index (κ2) is 5.89. The molecule has 7 heteroatoms. The second-order valence-corrected chi connectivity index (χ2v) is 7.83. The van der Waals surface area contributed by atoms with Crippen molar-refractivity contribution in [3.05, 3.63) is 16.8 Å². The van der Waals surface area contributed by atoms with Crippen LogP contribution in [0.1, 0.15) is 50.7 Å². The number of hydrogen-bond donors (Lipinski definition) is 1. The van der Waals surface area contributed by atoms with Gasteiger partial charge in [-0.25, -0.2) is 9.78 Å². The molecule has 0 saturated carbocycles. The van der Waals surface area contributed by atoms with E-state index >= 15 is 0 Å². The number of aromatic nitrogens is 1. The molecule has 1 aromatic rings. The maximum Gasteiger partial charge on any atom is 0.410 e. The van der Waals surface area contributed by atoms with E-state index in [1.165, 1.54) is 11.3 Å². The van der Waals surface area contributed by atoms with Crippen molar-refractivity contribution in [2.24, 2.45) is 5.73 Å². The Morgan fingerprint density at radius 2 is 2.09 bits per heavy atom. The Hall–Kier alpha value is -1.44. The number of nitrogens with zero attached hydrogens (tertiary/aromatic N) is 1. The summed E-state index contributed by atoms with van der Waals surface area (Å²) in [7, 11) is 0. The summed E-state index contributed by atoms with van der Waals surface area (Å²) in [6.07, 6.45) is 3.67. The molecule has 1 saturated heterocycles. The van der Waals surface area contributed by atoms with Gasteiger partial charge in [0, 0.05) is 18.3 Å². The summed E-state index contributed by atoms with van der Waals surface area (Å²) in [4.78, 5) is 15.8. The van der Waals surface area contributed by atoms with Gasteiger partial charge in [-0.05, 0) is 12.0 Å². The normalized spacial score (nSPS) is 20.6. The van der Waals surface area contributed by atoms with E-state index in [2.05, 4.69) is 6.08 Å². The third-order valence-corrected chi connectivity index (χ3v) is 5.03. The minimum Gasteiger partial charge on any atom is -0.397 e. The lowest BCUT2D eigenvalue weighted by molar-refractivity contribution is -0.159. The molecule has 1 spiro atoms. The zero-order valence-electron chi connectivity index (χ0n) is 13.7. The molecule has 126 valence electrons. The van der Waals surface area contributed by atoms with Gasteiger partial charge in [-0.15, -0.1) is 0 Å². The third kappa shape index (κ3) is 3.41. The molecule has 2 N–H and O–H groups in total. The number of rotatable bonds is 2. The van der Waals surface area contributed by atoms with Crippen molar-refractivity contribution in [3.63, 3.8) is 0 Å². The largest absolute Gasteiger partial charge is 0.410 e. The van der Waals surface area contributed by atoms with E-state index in [9.17, 15) is 4.79 Å². The second-order valence-electron chi connectivity index (χ2n) is 6.87. The molecule has 1 fully saturated rings. The van der Waals surface area contributed by atoms with E-state index < -0.39 is 11.9 Å². The fourth-order valence-corrected chi connectivity index (χ4v) is 4.04. The zero-order valence-corrected chi connectivity index (χ0v) is 14.5. The van der Waals surface area contributed by atoms with E-state index in [1.54, 1.807) is 0 Å². The Bertz CT molecular complexity index is 639. The Balaban J connectivity index is 1.87. The first-order chi connectivity index (χ1) is 10.8. The van der Waals surface area contributed by atoms with Crippen LogP contribution in [0.5, 0.6) is 5.06 Å². The van der Waals surface area contributed by atoms with Gasteiger partial charge < -0.3 is 19.9 Å². The van der Waals surface area contributed by atoms with Crippen LogP contribution < -0.4 is 10.5 Å². The van der Waals surface area contributed by atoms with E-state index in [1.807, 2.05) is 20.8 Å². The molecule has 0 unspecified atom stereocenters. The highest BCUT2D eigenvalue weighted by atomic mass is 32.1. The number of thiazole rings is 1. The molecule has 1 aromatic heterocycles. The van der Waals surface area contributed by atoms with Gasteiger partial charge in [-0.1, -0.05) is 38.2 Å². The summed E-state index contributed by atoms with van der Waals surface area (Å²) >= 11 is 1.37. The number of hydrogen-bond acceptors (Lipinski definition) is 6. The Morgan fingerprint density at radius 1 is 1.39 bits per heavy atom. The van der Waals surface area contributed by atoms with Crippen LogP contribution in [-0.4, -0.2) is 30.1 Å². The predicted molar refractivity (Wildman–Crippen MR) is 87.5 cm³/mol. The number of amides is 1. The Kier molecular flexibility index (Phi) is 4.20. The molecule has 0 bridgehead atoms. The van der Waals surface area contributed by atoms with Crippen LogP contribution in [0, 0.1) is 0 Å². The van der Waals surface area contributed by atoms with Crippen LogP contribution in [0.3, 0.4) is 0 Å². The van der Waals surface area contributed by atoms with Crippen LogP contribution in [0.25, 0.3) is 5.57 Å². The standard InChI is InChI=1S/C16H22N2O4S/c1-15(2,3)11-13(22-14(17)19)23-12(18-11)10-4-6-16(7-5-10)20-8-9-21-16/h4H,5-9H2,1-3H3,(H2,17,19). The van der Waals surface area contributed by atoms with Crippen LogP contribution in [0.2, 0.25) is 0 Å². The van der Waals surface area contributed by atoms with Crippen LogP contribution in [-0.2, 0) is 14.9 Å². The van der Waals surface area contributed by atoms with E-state index in [4.69, 9.17) is 24.9 Å². The lowest BCUT2D eigenvalue weighted by Crippen LogP contribution is -2.31. The van der Waals surface area contributed by atoms with E-state index in [-0.39, 0.29) is 5.41 Å². The van der Waals surface area contributed by atoms with E-state index in [0.29, 0.717) is 18.3 Å². The van der Waals surface area contributed by atoms with Crippen LogP contribution >= 0.6 is 11.3 Å². The SMILES string of the molecule is CC(C)(C)c1nc(C2=CCC3(CC2)OCCO3)sc1OC(N)=O. The molecular weight excluding hydrogens is 316 g/mol. The summed E-state index contributed by atoms with van der Waals surface area (Å²) in [6.45, 7) is 7.41. The van der Waals surface area contributed by atoms with Gasteiger partial charge in [0.15, 0.2) is 5.79 Å². The smallest absolute Gasteiger partial charge is 0.397 e. The summed E-state index contributed by atoms with van der Waals surface area (Å²) in [5.41, 5.74) is 6.84. The molecule has 3 rings (SSSR count). The highest BCUT2D eigenvalue weighted by Crippen LogP contribution is 2.43. The van der Waals surface area contributed by atoms with Gasteiger partial charge in [-0.2, -0.15) is 0 Å². The molecule has 23 heavy (non-hydrogen) atoms. The van der Waals surface area contributed by atoms with Crippen LogP contribution in [0.15, 0.2) is 6.08 Å². The van der Waals surface area contributed by atoms with Gasteiger partial charge in [-0.3, -0.25) is 0 Å². The Labute approximate surface area is 139 Å². The van der Waals surface area contributed by atoms with Crippen LogP contribution in [0.4, 0.5) is 4.79 Å². The highest BCUT2D eigenvalue weighted by Gasteiger charge is 2.38. The van der Waals surface area contributed by atoms with Crippen molar-refractivity contribution in [1.29, 1.82) is 0 Å². The minimum atomic E-state index is -0.810. The lowest BCUT2D eigenvalue weighted by Gasteiger charge is -2.30. The predicted octanol–water partition coefficient (Wildman–Crippen LogP) is 3.21. The fraction of sp³-hybridized carbons (Fsp3) is 0.625. The molecule has 0 aromatic carbocycles. The number of ether oxygens (including phenoxy) is 3. The van der Waals surface area contributed by atoms with Crippen molar-refractivity contribution in [2.45, 2.75) is 51.2 Å². The zero-order chi connectivity index (χ0) is 16.7. The van der Waals surface area contributed by atoms with Gasteiger partial charge in [0.25, 0.3) is 0 Å². The van der Waals surface area contributed by atoms with Crippen molar-refractivity contribution < 1.29 is 19.0 Å². The Morgan fingerprint density at radius 3 is 2.61 bits per heavy atom. The number of allylic oxidation sites excluding steroid dienone is 1. The maximum atomic E-state index is 11.1. The summed E-state index contributed by atoms with van der Waals surface area (Å²) < 4.78 is 16.6. The topological polar surface area (TPSA) is 83.7 Å². The number of carbonyl (C=O) groups excluding carboxylic acids is 1. The molecule has 1 amide bonds. The maximum absolute atomic E-state index is 11.1. The molecule has 2 aliphatic rings. The van der Waals surface area contributed by atoms with Crippen molar-refractivity contribution in [2.75, 3.05) is 13.2 Å². The van der Waals surface area contributed by atoms with Gasteiger partial charge >= 0.3 is 6.09 Å². The molecule has 1 aliphatic carbocycles. The number of primary amides is 1. The average molecular weight is 338 g/mol. The van der Waals surface area contributed by atoms with Gasteiger partial charge in [0.1, 0.15) is 10.7 Å². The number of nitrogens with two attached hydrogens (primary N) is 1. The summed E-state index contributed by atoms with van der Waals surface area (Å²) in [6, 6.07) is 0. The molecule has 0 radical (unpaired) electrons. The van der Waals surface area contributed by atoms with Crippen molar-refractivity contribution in [1.82, 2.24) is 4.98 Å². The fourth-order valence-electron chi connectivity index (χ4n) is 2.84. The monoisotopic (exact) mass is 338 g/mol. The van der Waals surface area contributed by atoms with Gasteiger partial charge in [0.2, 0.25) is 5.06 Å². The van der Waals surface area contributed by atoms with Crippen molar-refractivity contribution in [3.8, 4) is 5.06 Å². The highest BCUT2D eigenvalue weighted by molar-refractivity contribution is 7.14. The third-order valence-electron chi connectivity index (χ3n) is 4.02. The first-order valence-electron chi connectivity index (χ1n) is 7.75. The van der Waals surface area contributed by atoms with Gasteiger partial charge in [0.05, 0.1) is 13.2 Å². The molecule has 6 nitrogen and oxygen atoms in total. The molecular formula is C16H22N2O4S. The van der Waals surface area contributed by atoms with Crippen molar-refractivity contribution >= 4 is 23.0 Å². The summed E-state index contributed by atoms with van der Waals surface area (Å²) in [5.74, 6) is -0.444. The minimum absolute atomic E-state index is 0.229. The quantitative estimate of drug-likeness (QED) is 0.895. The van der Waals surface area contributed by atoms with E-state index in [0.717, 1.165) is 35.5 Å². The first-order valence-corrected chi connectivity index (χ1v) is 8.57. The molecule has 2 heterocycles. The summed E-state index contributed by atoms with van der Waals surface area (Å²) in [5, 5.41) is 1.36. The number of carbonyl (C=O) groups is 1. The lowest BCUT2D eigenvalue weighted by atomic mass is 9.92. The molecule has 0 atom stereocenters. The average Bonchev–Trinajstić information content (AvgIpc) is 3.06. The molecule has 1 aliphatic heterocycles. The first kappa shape index (κ1) is 16.4.